The van der Waals surface area contributed by atoms with Gasteiger partial charge in [0.25, 0.3) is 10.1 Å². The van der Waals surface area contributed by atoms with Crippen LogP contribution in [0.5, 0.6) is 5.75 Å². The van der Waals surface area contributed by atoms with E-state index in [1.807, 2.05) is 20.8 Å². The summed E-state index contributed by atoms with van der Waals surface area (Å²) in [6.45, 7) is 6.25. The maximum Gasteiger partial charge on any atom is 0.410 e. The van der Waals surface area contributed by atoms with Crippen molar-refractivity contribution in [3.05, 3.63) is 35.8 Å². The maximum atomic E-state index is 12.8. The SMILES string of the molecule is COC(=O)c1c(-c2ccc(OC)cc2)nc(C(CCOS(C)(=O)=O)C2CCN(C(=O)OC(C)(C)C)CC2)n1N. The molecule has 1 aliphatic rings. The fourth-order valence-corrected chi connectivity index (χ4v) is 5.07. The Hall–Kier alpha value is -3.32. The number of piperidine rings is 1. The molecule has 12 nitrogen and oxygen atoms in total. The van der Waals surface area contributed by atoms with E-state index in [1.165, 1.54) is 11.8 Å². The number of carbonyl (C=O) groups excluding carboxylic acids is 2. The van der Waals surface area contributed by atoms with Crippen molar-refractivity contribution in [1.29, 1.82) is 0 Å². The summed E-state index contributed by atoms with van der Waals surface area (Å²) < 4.78 is 45.3. The van der Waals surface area contributed by atoms with E-state index in [0.717, 1.165) is 6.26 Å². The Labute approximate surface area is 229 Å². The first-order valence-electron chi connectivity index (χ1n) is 12.7. The number of ether oxygens (including phenoxy) is 3. The van der Waals surface area contributed by atoms with Crippen molar-refractivity contribution in [2.45, 2.75) is 51.6 Å². The van der Waals surface area contributed by atoms with Crippen LogP contribution >= 0.6 is 0 Å². The number of esters is 1. The molecule has 39 heavy (non-hydrogen) atoms. The number of amides is 1. The summed E-state index contributed by atoms with van der Waals surface area (Å²) in [5.41, 5.74) is 0.430. The largest absolute Gasteiger partial charge is 0.497 e. The zero-order valence-electron chi connectivity index (χ0n) is 23.3. The third-order valence-corrected chi connectivity index (χ3v) is 7.09. The molecule has 216 valence electrons. The van der Waals surface area contributed by atoms with Crippen LogP contribution in [-0.2, 0) is 23.8 Å². The maximum absolute atomic E-state index is 12.8. The predicted octanol–water partition coefficient (Wildman–Crippen LogP) is 3.16. The Morgan fingerprint density at radius 1 is 1.13 bits per heavy atom. The Morgan fingerprint density at radius 3 is 2.26 bits per heavy atom. The van der Waals surface area contributed by atoms with Gasteiger partial charge in [-0.15, -0.1) is 0 Å². The minimum Gasteiger partial charge on any atom is -0.497 e. The molecule has 13 heteroatoms. The number of benzene rings is 1. The molecule has 1 fully saturated rings. The second-order valence-corrected chi connectivity index (χ2v) is 12.1. The number of imidazole rings is 1. The van der Waals surface area contributed by atoms with Crippen molar-refractivity contribution in [3.63, 3.8) is 0 Å². The van der Waals surface area contributed by atoms with E-state index in [0.29, 0.717) is 48.8 Å². The van der Waals surface area contributed by atoms with Crippen molar-refractivity contribution in [1.82, 2.24) is 14.6 Å². The minimum atomic E-state index is -3.66. The van der Waals surface area contributed by atoms with Crippen LogP contribution < -0.4 is 10.6 Å². The molecule has 2 heterocycles. The molecule has 0 radical (unpaired) electrons. The van der Waals surface area contributed by atoms with Crippen LogP contribution in [0.15, 0.2) is 24.3 Å². The molecule has 1 amide bonds. The zero-order chi connectivity index (χ0) is 29.0. The summed E-state index contributed by atoms with van der Waals surface area (Å²) in [5, 5.41) is 0. The number of aromatic nitrogens is 2. The molecule has 3 rings (SSSR count). The highest BCUT2D eigenvalue weighted by molar-refractivity contribution is 7.85. The zero-order valence-corrected chi connectivity index (χ0v) is 24.1. The molecule has 0 saturated carbocycles. The van der Waals surface area contributed by atoms with E-state index >= 15 is 0 Å². The van der Waals surface area contributed by atoms with Gasteiger partial charge in [-0.25, -0.2) is 19.2 Å². The van der Waals surface area contributed by atoms with Gasteiger partial charge in [0.05, 0.1) is 27.1 Å². The van der Waals surface area contributed by atoms with Crippen LogP contribution in [-0.4, -0.2) is 80.8 Å². The first kappa shape index (κ1) is 30.2. The van der Waals surface area contributed by atoms with Crippen molar-refractivity contribution < 1.29 is 36.4 Å². The number of rotatable bonds is 9. The normalized spacial score (nSPS) is 15.6. The van der Waals surface area contributed by atoms with Gasteiger partial charge < -0.3 is 25.0 Å². The van der Waals surface area contributed by atoms with Gasteiger partial charge in [-0.1, -0.05) is 0 Å². The van der Waals surface area contributed by atoms with Gasteiger partial charge in [0, 0.05) is 24.6 Å². The van der Waals surface area contributed by atoms with E-state index in [9.17, 15) is 18.0 Å². The quantitative estimate of drug-likeness (QED) is 0.272. The number of likely N-dealkylation sites (tertiary alicyclic amines) is 1. The van der Waals surface area contributed by atoms with Gasteiger partial charge >= 0.3 is 12.1 Å². The molecule has 0 spiro atoms. The third kappa shape index (κ3) is 7.85. The van der Waals surface area contributed by atoms with E-state index in [1.54, 1.807) is 36.3 Å². The lowest BCUT2D eigenvalue weighted by Gasteiger charge is -2.36. The van der Waals surface area contributed by atoms with Crippen molar-refractivity contribution in [2.75, 3.05) is 46.0 Å². The van der Waals surface area contributed by atoms with Gasteiger partial charge in [-0.05, 0) is 70.2 Å². The summed E-state index contributed by atoms with van der Waals surface area (Å²) in [4.78, 5) is 31.8. The van der Waals surface area contributed by atoms with Gasteiger partial charge in [-0.3, -0.25) is 4.18 Å². The Balaban J connectivity index is 1.96. The van der Waals surface area contributed by atoms with E-state index < -0.39 is 21.7 Å². The molecule has 1 saturated heterocycles. The highest BCUT2D eigenvalue weighted by Gasteiger charge is 2.36. The fourth-order valence-electron chi connectivity index (χ4n) is 4.67. The van der Waals surface area contributed by atoms with Crippen LogP contribution in [0.2, 0.25) is 0 Å². The lowest BCUT2D eigenvalue weighted by molar-refractivity contribution is 0.0168. The smallest absolute Gasteiger partial charge is 0.410 e. The van der Waals surface area contributed by atoms with Crippen LogP contribution in [0.25, 0.3) is 11.3 Å². The van der Waals surface area contributed by atoms with E-state index in [4.69, 9.17) is 29.2 Å². The van der Waals surface area contributed by atoms with Crippen LogP contribution in [0.3, 0.4) is 0 Å². The Kier molecular flexibility index (Phi) is 9.49. The average molecular weight is 567 g/mol. The summed E-state index contributed by atoms with van der Waals surface area (Å²) in [7, 11) is -0.849. The monoisotopic (exact) mass is 566 g/mol. The number of hydrogen-bond acceptors (Lipinski definition) is 10. The summed E-state index contributed by atoms with van der Waals surface area (Å²) in [6.07, 6.45) is 2.08. The Morgan fingerprint density at radius 2 is 1.74 bits per heavy atom. The number of nitrogens with zero attached hydrogens (tertiary/aromatic N) is 3. The molecule has 0 bridgehead atoms. The number of methoxy groups -OCH3 is 2. The fraction of sp³-hybridized carbons (Fsp3) is 0.577. The predicted molar refractivity (Wildman–Crippen MR) is 144 cm³/mol. The molecular weight excluding hydrogens is 528 g/mol. The van der Waals surface area contributed by atoms with E-state index in [-0.39, 0.29) is 36.7 Å². The lowest BCUT2D eigenvalue weighted by Crippen LogP contribution is -2.43. The van der Waals surface area contributed by atoms with Crippen molar-refractivity contribution in [2.24, 2.45) is 5.92 Å². The molecule has 1 aromatic heterocycles. The van der Waals surface area contributed by atoms with Gasteiger partial charge in [0.1, 0.15) is 22.9 Å². The Bertz CT molecular complexity index is 1260. The number of carbonyl (C=O) groups is 2. The summed E-state index contributed by atoms with van der Waals surface area (Å²) in [5.74, 6) is 6.45. The van der Waals surface area contributed by atoms with Crippen LogP contribution in [0.4, 0.5) is 4.79 Å². The molecule has 2 aromatic rings. The van der Waals surface area contributed by atoms with Crippen LogP contribution in [0, 0.1) is 5.92 Å². The summed E-state index contributed by atoms with van der Waals surface area (Å²) >= 11 is 0. The van der Waals surface area contributed by atoms with Crippen LogP contribution in [0.1, 0.15) is 62.3 Å². The standard InChI is InChI=1S/C26H38N4O8S/c1-26(2,3)38-25(32)29-14-11-17(12-15-29)20(13-16-37-39(6,33)34)23-28-21(22(30(23)27)24(31)36-5)18-7-9-19(35-4)10-8-18/h7-10,17,20H,11-16,27H2,1-6H3. The van der Waals surface area contributed by atoms with Crippen molar-refractivity contribution >= 4 is 22.2 Å². The van der Waals surface area contributed by atoms with Gasteiger partial charge in [0.2, 0.25) is 0 Å². The number of nitrogen functional groups attached to an aromatic ring is 1. The van der Waals surface area contributed by atoms with Gasteiger partial charge in [0.15, 0.2) is 5.69 Å². The lowest BCUT2D eigenvalue weighted by atomic mass is 9.82. The highest BCUT2D eigenvalue weighted by atomic mass is 32.2. The molecule has 1 unspecified atom stereocenters. The molecule has 0 aliphatic carbocycles. The third-order valence-electron chi connectivity index (χ3n) is 6.50. The molecule has 2 N–H and O–H groups in total. The number of hydrogen-bond donors (Lipinski definition) is 1. The van der Waals surface area contributed by atoms with Crippen molar-refractivity contribution in [3.8, 4) is 17.0 Å². The second kappa shape index (κ2) is 12.2. The molecule has 1 aliphatic heterocycles. The van der Waals surface area contributed by atoms with E-state index in [2.05, 4.69) is 0 Å². The number of nitrogens with two attached hydrogens (primary N) is 1. The highest BCUT2D eigenvalue weighted by Crippen LogP contribution is 2.37. The average Bonchev–Trinajstić information content (AvgIpc) is 3.21. The minimum absolute atomic E-state index is 0.0224. The first-order valence-corrected chi connectivity index (χ1v) is 14.5. The molecule has 1 aromatic carbocycles. The summed E-state index contributed by atoms with van der Waals surface area (Å²) in [6, 6.07) is 7.02. The molecular formula is C26H38N4O8S. The van der Waals surface area contributed by atoms with Gasteiger partial charge in [-0.2, -0.15) is 8.42 Å². The topological polar surface area (TPSA) is 152 Å². The molecule has 1 atom stereocenters. The second-order valence-electron chi connectivity index (χ2n) is 10.5. The first-order chi connectivity index (χ1) is 18.2.